The molecule has 26 heavy (non-hydrogen) atoms. The number of benzene rings is 2. The highest BCUT2D eigenvalue weighted by molar-refractivity contribution is 7.91. The molecule has 4 nitrogen and oxygen atoms in total. The lowest BCUT2D eigenvalue weighted by molar-refractivity contribution is 0.565. The molecule has 1 unspecified atom stereocenters. The molecule has 0 saturated heterocycles. The number of unbranched alkanes of at least 4 members (excludes halogenated alkanes) is 1. The summed E-state index contributed by atoms with van der Waals surface area (Å²) in [5, 5.41) is -0.543. The lowest BCUT2D eigenvalue weighted by Gasteiger charge is -2.18. The fraction of sp³-hybridized carbons (Fsp3) is 0.333. The van der Waals surface area contributed by atoms with Gasteiger partial charge in [-0.15, -0.1) is 0 Å². The molecule has 0 fully saturated rings. The standard InChI is InChI=1S/C18H20ClFO4S2/c1-25(21,22)12-3-2-7-18(14-5-4-6-16(20)13-14)26(23,24)17-10-8-15(19)9-11-17/h4-6,8-11,13,18H,2-3,7,12H2,1H3. The summed E-state index contributed by atoms with van der Waals surface area (Å²) in [6.07, 6.45) is 2.08. The van der Waals surface area contributed by atoms with Crippen LogP contribution in [0.25, 0.3) is 0 Å². The Morgan fingerprint density at radius 3 is 2.23 bits per heavy atom. The highest BCUT2D eigenvalue weighted by Gasteiger charge is 2.29. The van der Waals surface area contributed by atoms with Crippen LogP contribution in [0.5, 0.6) is 0 Å². The molecule has 0 N–H and O–H groups in total. The van der Waals surface area contributed by atoms with Crippen molar-refractivity contribution < 1.29 is 21.2 Å². The first-order chi connectivity index (χ1) is 12.1. The van der Waals surface area contributed by atoms with Crippen LogP contribution in [-0.4, -0.2) is 28.8 Å². The Morgan fingerprint density at radius 1 is 1.00 bits per heavy atom. The van der Waals surface area contributed by atoms with Crippen LogP contribution in [0.1, 0.15) is 30.1 Å². The zero-order valence-electron chi connectivity index (χ0n) is 14.2. The molecule has 0 aliphatic carbocycles. The van der Waals surface area contributed by atoms with Crippen LogP contribution < -0.4 is 0 Å². The summed E-state index contributed by atoms with van der Waals surface area (Å²) in [6, 6.07) is 11.3. The van der Waals surface area contributed by atoms with Gasteiger partial charge in [0.05, 0.1) is 10.1 Å². The average molecular weight is 419 g/mol. The van der Waals surface area contributed by atoms with E-state index in [0.29, 0.717) is 23.4 Å². The molecule has 0 spiro atoms. The van der Waals surface area contributed by atoms with Crippen LogP contribution in [0.15, 0.2) is 53.4 Å². The van der Waals surface area contributed by atoms with E-state index < -0.39 is 30.7 Å². The molecule has 2 aromatic carbocycles. The third kappa shape index (κ3) is 5.79. The normalized spacial score (nSPS) is 13.5. The van der Waals surface area contributed by atoms with E-state index in [-0.39, 0.29) is 17.1 Å². The van der Waals surface area contributed by atoms with Crippen LogP contribution in [0.2, 0.25) is 5.02 Å². The van der Waals surface area contributed by atoms with Gasteiger partial charge in [0.25, 0.3) is 0 Å². The van der Waals surface area contributed by atoms with Gasteiger partial charge in [-0.3, -0.25) is 0 Å². The largest absolute Gasteiger partial charge is 0.229 e. The van der Waals surface area contributed by atoms with Gasteiger partial charge in [0.15, 0.2) is 9.84 Å². The molecule has 2 aromatic rings. The first-order valence-electron chi connectivity index (χ1n) is 8.02. The lowest BCUT2D eigenvalue weighted by atomic mass is 10.1. The van der Waals surface area contributed by atoms with E-state index >= 15 is 0 Å². The van der Waals surface area contributed by atoms with Gasteiger partial charge in [0, 0.05) is 17.0 Å². The maximum atomic E-state index is 13.6. The van der Waals surface area contributed by atoms with Gasteiger partial charge >= 0.3 is 0 Å². The van der Waals surface area contributed by atoms with Gasteiger partial charge in [-0.1, -0.05) is 30.2 Å². The first-order valence-corrected chi connectivity index (χ1v) is 12.0. The fourth-order valence-electron chi connectivity index (χ4n) is 2.69. The van der Waals surface area contributed by atoms with Crippen LogP contribution >= 0.6 is 11.6 Å². The van der Waals surface area contributed by atoms with E-state index in [1.807, 2.05) is 0 Å². The van der Waals surface area contributed by atoms with Gasteiger partial charge in [-0.05, 0) is 54.8 Å². The molecular formula is C18H20ClFO4S2. The first kappa shape index (κ1) is 20.9. The van der Waals surface area contributed by atoms with E-state index in [1.54, 1.807) is 6.07 Å². The van der Waals surface area contributed by atoms with Crippen LogP contribution in [0.3, 0.4) is 0 Å². The van der Waals surface area contributed by atoms with Gasteiger partial charge in [-0.2, -0.15) is 0 Å². The van der Waals surface area contributed by atoms with Crippen molar-refractivity contribution in [2.45, 2.75) is 29.4 Å². The molecule has 0 aromatic heterocycles. The molecule has 2 rings (SSSR count). The van der Waals surface area contributed by atoms with E-state index in [2.05, 4.69) is 0 Å². The van der Waals surface area contributed by atoms with Crippen molar-refractivity contribution in [3.63, 3.8) is 0 Å². The predicted molar refractivity (Wildman–Crippen MR) is 101 cm³/mol. The highest BCUT2D eigenvalue weighted by Crippen LogP contribution is 2.34. The molecule has 0 radical (unpaired) electrons. The van der Waals surface area contributed by atoms with Crippen molar-refractivity contribution in [2.24, 2.45) is 0 Å². The maximum absolute atomic E-state index is 13.6. The quantitative estimate of drug-likeness (QED) is 0.602. The SMILES string of the molecule is CS(=O)(=O)CCCCC(c1cccc(F)c1)S(=O)(=O)c1ccc(Cl)cc1. The van der Waals surface area contributed by atoms with Crippen molar-refractivity contribution in [1.82, 2.24) is 0 Å². The van der Waals surface area contributed by atoms with Gasteiger partial charge < -0.3 is 0 Å². The summed E-state index contributed by atoms with van der Waals surface area (Å²) >= 11 is 5.82. The van der Waals surface area contributed by atoms with Crippen LogP contribution in [-0.2, 0) is 19.7 Å². The number of halogens is 2. The van der Waals surface area contributed by atoms with Crippen molar-refractivity contribution in [1.29, 1.82) is 0 Å². The molecule has 142 valence electrons. The van der Waals surface area contributed by atoms with E-state index in [9.17, 15) is 21.2 Å². The predicted octanol–water partition coefficient (Wildman–Crippen LogP) is 4.21. The zero-order chi connectivity index (χ0) is 19.4. The Balaban J connectivity index is 2.32. The monoisotopic (exact) mass is 418 g/mol. The number of sulfone groups is 2. The Kier molecular flexibility index (Phi) is 6.82. The molecule has 1 atom stereocenters. The van der Waals surface area contributed by atoms with Crippen LogP contribution in [0, 0.1) is 5.82 Å². The zero-order valence-corrected chi connectivity index (χ0v) is 16.6. The third-order valence-electron chi connectivity index (χ3n) is 3.97. The Labute approximate surface area is 158 Å². The molecular weight excluding hydrogens is 399 g/mol. The minimum Gasteiger partial charge on any atom is -0.229 e. The second kappa shape index (κ2) is 8.50. The Hall–Kier alpha value is -1.44. The molecule has 0 heterocycles. The fourth-order valence-corrected chi connectivity index (χ4v) is 5.37. The number of hydrogen-bond acceptors (Lipinski definition) is 4. The van der Waals surface area contributed by atoms with E-state index in [4.69, 9.17) is 11.6 Å². The molecule has 0 saturated carbocycles. The van der Waals surface area contributed by atoms with Gasteiger partial charge in [-0.25, -0.2) is 21.2 Å². The molecule has 8 heteroatoms. The summed E-state index contributed by atoms with van der Waals surface area (Å²) < 4.78 is 62.3. The minimum absolute atomic E-state index is 0.0101. The average Bonchev–Trinajstić information content (AvgIpc) is 2.54. The summed E-state index contributed by atoms with van der Waals surface area (Å²) in [5.41, 5.74) is 0.347. The summed E-state index contributed by atoms with van der Waals surface area (Å²) in [5.74, 6) is -0.529. The van der Waals surface area contributed by atoms with Gasteiger partial charge in [0.2, 0.25) is 0 Å². The molecule has 0 bridgehead atoms. The Bertz CT molecular complexity index is 955. The number of hydrogen-bond donors (Lipinski definition) is 0. The highest BCUT2D eigenvalue weighted by atomic mass is 35.5. The van der Waals surface area contributed by atoms with Crippen LogP contribution in [0.4, 0.5) is 4.39 Å². The Morgan fingerprint density at radius 2 is 1.65 bits per heavy atom. The summed E-state index contributed by atoms with van der Waals surface area (Å²) in [4.78, 5) is 0.0966. The van der Waals surface area contributed by atoms with E-state index in [1.165, 1.54) is 42.5 Å². The van der Waals surface area contributed by atoms with E-state index in [0.717, 1.165) is 6.26 Å². The molecule has 0 amide bonds. The molecule has 0 aliphatic heterocycles. The van der Waals surface area contributed by atoms with Crippen molar-refractivity contribution in [2.75, 3.05) is 12.0 Å². The maximum Gasteiger partial charge on any atom is 0.185 e. The third-order valence-corrected chi connectivity index (χ3v) is 7.44. The summed E-state index contributed by atoms with van der Waals surface area (Å²) in [6.45, 7) is 0. The topological polar surface area (TPSA) is 68.3 Å². The lowest BCUT2D eigenvalue weighted by Crippen LogP contribution is -2.15. The molecule has 0 aliphatic rings. The second-order valence-corrected chi connectivity index (χ2v) is 11.0. The van der Waals surface area contributed by atoms with Gasteiger partial charge in [0.1, 0.15) is 15.7 Å². The smallest absolute Gasteiger partial charge is 0.185 e. The van der Waals surface area contributed by atoms with Crippen molar-refractivity contribution in [3.8, 4) is 0 Å². The summed E-state index contributed by atoms with van der Waals surface area (Å²) in [7, 11) is -6.89. The second-order valence-electron chi connectivity index (χ2n) is 6.17. The minimum atomic E-state index is -3.78. The number of rotatable bonds is 8. The van der Waals surface area contributed by atoms with Crippen molar-refractivity contribution in [3.05, 3.63) is 64.9 Å². The van der Waals surface area contributed by atoms with Crippen molar-refractivity contribution >= 4 is 31.3 Å².